The Labute approximate surface area is 183 Å². The van der Waals surface area contributed by atoms with Crippen LogP contribution in [0.3, 0.4) is 0 Å². The van der Waals surface area contributed by atoms with Crippen LogP contribution in [0.5, 0.6) is 0 Å². The zero-order chi connectivity index (χ0) is 21.9. The van der Waals surface area contributed by atoms with Crippen molar-refractivity contribution in [2.45, 2.75) is 19.3 Å². The number of ether oxygens (including phenoxy) is 1. The molecule has 2 N–H and O–H groups in total. The fraction of sp³-hybridized carbons (Fsp3) is 0.231. The van der Waals surface area contributed by atoms with Gasteiger partial charge in [-0.1, -0.05) is 66.7 Å². The molecular weight excluding hydrogens is 388 g/mol. The highest BCUT2D eigenvalue weighted by Crippen LogP contribution is 2.26. The zero-order valence-corrected chi connectivity index (χ0v) is 17.7. The molecule has 0 bridgehead atoms. The molecule has 2 amide bonds. The van der Waals surface area contributed by atoms with Gasteiger partial charge in [0.1, 0.15) is 0 Å². The number of carbonyl (C=O) groups is 2. The Morgan fingerprint density at radius 3 is 2.13 bits per heavy atom. The zero-order valence-electron chi connectivity index (χ0n) is 17.7. The molecular formula is C26H28N2O3. The van der Waals surface area contributed by atoms with E-state index in [4.69, 9.17) is 4.74 Å². The molecule has 0 fully saturated rings. The smallest absolute Gasteiger partial charge is 0.251 e. The molecule has 3 aromatic rings. The first kappa shape index (κ1) is 22.2. The molecule has 0 atom stereocenters. The van der Waals surface area contributed by atoms with Crippen molar-refractivity contribution in [1.82, 2.24) is 5.32 Å². The average Bonchev–Trinajstić information content (AvgIpc) is 2.80. The topological polar surface area (TPSA) is 67.4 Å². The Kier molecular flexibility index (Phi) is 8.38. The van der Waals surface area contributed by atoms with Gasteiger partial charge in [0, 0.05) is 31.0 Å². The first-order valence-corrected chi connectivity index (χ1v) is 10.6. The van der Waals surface area contributed by atoms with Gasteiger partial charge >= 0.3 is 0 Å². The van der Waals surface area contributed by atoms with Gasteiger partial charge in [-0.15, -0.1) is 0 Å². The molecule has 3 aromatic carbocycles. The summed E-state index contributed by atoms with van der Waals surface area (Å²) in [5.74, 6) is -0.764. The van der Waals surface area contributed by atoms with Crippen molar-refractivity contribution in [3.63, 3.8) is 0 Å². The number of carbonyl (C=O) groups excluding carboxylic acids is 2. The van der Waals surface area contributed by atoms with Crippen molar-refractivity contribution in [2.24, 2.45) is 0 Å². The normalized spacial score (nSPS) is 10.6. The Morgan fingerprint density at radius 1 is 0.871 bits per heavy atom. The quantitative estimate of drug-likeness (QED) is 0.474. The molecule has 0 aliphatic heterocycles. The molecule has 0 saturated heterocycles. The van der Waals surface area contributed by atoms with Crippen LogP contribution in [0.2, 0.25) is 0 Å². The van der Waals surface area contributed by atoms with Crippen LogP contribution in [0.1, 0.15) is 40.7 Å². The van der Waals surface area contributed by atoms with E-state index in [0.29, 0.717) is 31.0 Å². The number of nitrogens with one attached hydrogen (secondary N) is 2. The van der Waals surface area contributed by atoms with Crippen molar-refractivity contribution in [1.29, 1.82) is 0 Å². The van der Waals surface area contributed by atoms with Crippen LogP contribution in [-0.4, -0.2) is 31.6 Å². The second-order valence-corrected chi connectivity index (χ2v) is 7.13. The minimum Gasteiger partial charge on any atom is -0.382 e. The molecule has 0 aromatic heterocycles. The average molecular weight is 417 g/mol. The molecule has 0 unspecified atom stereocenters. The molecule has 0 heterocycles. The van der Waals surface area contributed by atoms with Gasteiger partial charge in [-0.3, -0.25) is 9.59 Å². The summed E-state index contributed by atoms with van der Waals surface area (Å²) in [6, 6.07) is 26.3. The van der Waals surface area contributed by atoms with Gasteiger partial charge in [0.15, 0.2) is 0 Å². The summed E-state index contributed by atoms with van der Waals surface area (Å²) in [6.07, 6.45) is 0.756. The van der Waals surface area contributed by atoms with Crippen LogP contribution in [0, 0.1) is 0 Å². The number of rotatable bonds is 10. The second-order valence-electron chi connectivity index (χ2n) is 7.13. The summed E-state index contributed by atoms with van der Waals surface area (Å²) in [5.41, 5.74) is 2.91. The van der Waals surface area contributed by atoms with Gasteiger partial charge in [0.25, 0.3) is 5.91 Å². The lowest BCUT2D eigenvalue weighted by molar-refractivity contribution is -0.116. The van der Waals surface area contributed by atoms with Gasteiger partial charge in [-0.05, 0) is 42.7 Å². The van der Waals surface area contributed by atoms with Crippen molar-refractivity contribution in [3.05, 3.63) is 102 Å². The first-order chi connectivity index (χ1) is 15.2. The summed E-state index contributed by atoms with van der Waals surface area (Å²) in [6.45, 7) is 3.77. The van der Waals surface area contributed by atoms with Gasteiger partial charge in [0.05, 0.1) is 5.92 Å². The summed E-state index contributed by atoms with van der Waals surface area (Å²) >= 11 is 0. The fourth-order valence-corrected chi connectivity index (χ4v) is 3.36. The molecule has 160 valence electrons. The van der Waals surface area contributed by atoms with E-state index in [-0.39, 0.29) is 11.8 Å². The Morgan fingerprint density at radius 2 is 1.52 bits per heavy atom. The van der Waals surface area contributed by atoms with E-state index in [0.717, 1.165) is 17.5 Å². The molecule has 0 aliphatic carbocycles. The van der Waals surface area contributed by atoms with Crippen molar-refractivity contribution in [2.75, 3.05) is 25.1 Å². The van der Waals surface area contributed by atoms with Crippen LogP contribution in [-0.2, 0) is 9.53 Å². The standard InChI is InChI=1S/C26H28N2O3/c1-2-31-18-10-17-27-25(29)22-15-9-16-23(19-22)28-26(30)24(20-11-5-3-6-12-20)21-13-7-4-8-14-21/h3-9,11-16,19,24H,2,10,17-18H2,1H3,(H,27,29)(H,28,30). The third-order valence-corrected chi connectivity index (χ3v) is 4.88. The summed E-state index contributed by atoms with van der Waals surface area (Å²) < 4.78 is 5.28. The minimum atomic E-state index is -0.446. The van der Waals surface area contributed by atoms with E-state index >= 15 is 0 Å². The Balaban J connectivity index is 1.71. The van der Waals surface area contributed by atoms with E-state index in [9.17, 15) is 9.59 Å². The van der Waals surface area contributed by atoms with E-state index < -0.39 is 5.92 Å². The molecule has 5 heteroatoms. The van der Waals surface area contributed by atoms with Crippen LogP contribution < -0.4 is 10.6 Å². The highest BCUT2D eigenvalue weighted by atomic mass is 16.5. The molecule has 0 saturated carbocycles. The van der Waals surface area contributed by atoms with E-state index in [1.54, 1.807) is 24.3 Å². The van der Waals surface area contributed by atoms with Crippen LogP contribution in [0.15, 0.2) is 84.9 Å². The number of anilines is 1. The van der Waals surface area contributed by atoms with Crippen molar-refractivity contribution < 1.29 is 14.3 Å². The molecule has 31 heavy (non-hydrogen) atoms. The Hall–Kier alpha value is -3.44. The van der Waals surface area contributed by atoms with E-state index in [1.807, 2.05) is 67.6 Å². The van der Waals surface area contributed by atoms with Crippen LogP contribution in [0.25, 0.3) is 0 Å². The largest absolute Gasteiger partial charge is 0.382 e. The van der Waals surface area contributed by atoms with E-state index in [1.165, 1.54) is 0 Å². The highest BCUT2D eigenvalue weighted by Gasteiger charge is 2.22. The molecule has 5 nitrogen and oxygen atoms in total. The number of amides is 2. The van der Waals surface area contributed by atoms with Gasteiger partial charge in [0.2, 0.25) is 5.91 Å². The lowest BCUT2D eigenvalue weighted by Crippen LogP contribution is -2.26. The maximum atomic E-state index is 13.2. The van der Waals surface area contributed by atoms with Gasteiger partial charge < -0.3 is 15.4 Å². The van der Waals surface area contributed by atoms with Crippen LogP contribution >= 0.6 is 0 Å². The maximum absolute atomic E-state index is 13.2. The fourth-order valence-electron chi connectivity index (χ4n) is 3.36. The van der Waals surface area contributed by atoms with Crippen molar-refractivity contribution >= 4 is 17.5 Å². The SMILES string of the molecule is CCOCCCNC(=O)c1cccc(NC(=O)C(c2ccccc2)c2ccccc2)c1. The third kappa shape index (κ3) is 6.52. The predicted molar refractivity (Wildman–Crippen MR) is 123 cm³/mol. The first-order valence-electron chi connectivity index (χ1n) is 10.6. The number of hydrogen-bond acceptors (Lipinski definition) is 3. The number of benzene rings is 3. The van der Waals surface area contributed by atoms with Gasteiger partial charge in [-0.25, -0.2) is 0 Å². The van der Waals surface area contributed by atoms with Crippen molar-refractivity contribution in [3.8, 4) is 0 Å². The predicted octanol–water partition coefficient (Wildman–Crippen LogP) is 4.61. The van der Waals surface area contributed by atoms with Gasteiger partial charge in [-0.2, -0.15) is 0 Å². The highest BCUT2D eigenvalue weighted by molar-refractivity contribution is 6.00. The molecule has 0 aliphatic rings. The van der Waals surface area contributed by atoms with Crippen LogP contribution in [0.4, 0.5) is 5.69 Å². The monoisotopic (exact) mass is 416 g/mol. The Bertz CT molecular complexity index is 935. The summed E-state index contributed by atoms with van der Waals surface area (Å²) in [7, 11) is 0. The van der Waals surface area contributed by atoms with E-state index in [2.05, 4.69) is 10.6 Å². The summed E-state index contributed by atoms with van der Waals surface area (Å²) in [4.78, 5) is 25.7. The molecule has 3 rings (SSSR count). The molecule has 0 spiro atoms. The molecule has 0 radical (unpaired) electrons. The second kappa shape index (κ2) is 11.7. The number of hydrogen-bond donors (Lipinski definition) is 2. The third-order valence-electron chi connectivity index (χ3n) is 4.88. The minimum absolute atomic E-state index is 0.147. The lowest BCUT2D eigenvalue weighted by atomic mass is 9.90. The lowest BCUT2D eigenvalue weighted by Gasteiger charge is -2.18. The summed E-state index contributed by atoms with van der Waals surface area (Å²) in [5, 5.41) is 5.86. The maximum Gasteiger partial charge on any atom is 0.251 e.